The Morgan fingerprint density at radius 1 is 1.33 bits per heavy atom. The summed E-state index contributed by atoms with van der Waals surface area (Å²) in [6.07, 6.45) is 2.02. The summed E-state index contributed by atoms with van der Waals surface area (Å²) in [5.41, 5.74) is 0. The van der Waals surface area contributed by atoms with Crippen LogP contribution >= 0.6 is 27.3 Å². The molecule has 6 heteroatoms. The smallest absolute Gasteiger partial charge is 0.206 e. The molecular weight excluding hydrogens is 334 g/mol. The van der Waals surface area contributed by atoms with Crippen molar-refractivity contribution in [2.45, 2.75) is 37.8 Å². The zero-order valence-corrected chi connectivity index (χ0v) is 14.2. The Hall–Kier alpha value is 0.0900. The van der Waals surface area contributed by atoms with E-state index in [9.17, 15) is 8.42 Å². The first-order valence-corrected chi connectivity index (χ1v) is 9.31. The number of sulfonamides is 1. The van der Waals surface area contributed by atoms with Gasteiger partial charge in [0.1, 0.15) is 4.21 Å². The molecule has 0 aliphatic rings. The molecule has 0 spiro atoms. The van der Waals surface area contributed by atoms with Gasteiger partial charge in [0.2, 0.25) is 0 Å². The molecule has 1 rings (SSSR count). The highest BCUT2D eigenvalue weighted by Crippen LogP contribution is 2.30. The molecule has 1 aromatic rings. The van der Waals surface area contributed by atoms with E-state index in [0.717, 1.165) is 12.8 Å². The Bertz CT molecular complexity index is 466. The highest BCUT2D eigenvalue weighted by molar-refractivity contribution is 9.10. The second kappa shape index (κ2) is 7.03. The number of hydrogen-bond donors (Lipinski definition) is 0. The fourth-order valence-corrected chi connectivity index (χ4v) is 5.79. The summed E-state index contributed by atoms with van der Waals surface area (Å²) in [5.74, 6) is 0.429. The fraction of sp³-hybridized carbons (Fsp3) is 0.667. The van der Waals surface area contributed by atoms with Crippen molar-refractivity contribution >= 4 is 37.3 Å². The molecule has 0 atom stereocenters. The third kappa shape index (κ3) is 3.56. The number of nitrogens with zero attached hydrogens (tertiary/aromatic N) is 1. The lowest BCUT2D eigenvalue weighted by Crippen LogP contribution is -2.34. The maximum atomic E-state index is 12.5. The Labute approximate surface area is 122 Å². The molecule has 1 aromatic heterocycles. The first-order valence-electron chi connectivity index (χ1n) is 6.20. The van der Waals surface area contributed by atoms with E-state index in [1.54, 1.807) is 15.8 Å². The number of hydrogen-bond acceptors (Lipinski definition) is 3. The Kier molecular flexibility index (Phi) is 6.30. The van der Waals surface area contributed by atoms with E-state index in [0.29, 0.717) is 27.7 Å². The van der Waals surface area contributed by atoms with E-state index >= 15 is 0 Å². The average Bonchev–Trinajstić information content (AvgIpc) is 2.77. The first-order chi connectivity index (χ1) is 8.47. The van der Waals surface area contributed by atoms with Crippen LogP contribution in [0.4, 0.5) is 0 Å². The van der Waals surface area contributed by atoms with Gasteiger partial charge in [-0.1, -0.05) is 33.6 Å². The van der Waals surface area contributed by atoms with Gasteiger partial charge >= 0.3 is 0 Å². The highest BCUT2D eigenvalue weighted by Gasteiger charge is 2.27. The molecule has 0 fully saturated rings. The van der Waals surface area contributed by atoms with E-state index in [1.165, 1.54) is 11.3 Å². The van der Waals surface area contributed by atoms with Gasteiger partial charge in [-0.3, -0.25) is 0 Å². The molecule has 0 aromatic carbocycles. The van der Waals surface area contributed by atoms with Gasteiger partial charge in [0.15, 0.2) is 0 Å². The fourth-order valence-electron chi connectivity index (χ4n) is 1.81. The monoisotopic (exact) mass is 353 g/mol. The molecule has 0 amide bonds. The summed E-state index contributed by atoms with van der Waals surface area (Å²) >= 11 is 4.57. The maximum Gasteiger partial charge on any atom is 0.253 e. The molecule has 0 N–H and O–H groups in total. The Balaban J connectivity index is 2.98. The van der Waals surface area contributed by atoms with Crippen LogP contribution in [0.3, 0.4) is 0 Å². The molecule has 1 heterocycles. The second-order valence-electron chi connectivity index (χ2n) is 4.19. The Morgan fingerprint density at radius 3 is 2.33 bits per heavy atom. The van der Waals surface area contributed by atoms with Gasteiger partial charge < -0.3 is 0 Å². The van der Waals surface area contributed by atoms with Gasteiger partial charge in [0.05, 0.1) is 0 Å². The van der Waals surface area contributed by atoms with Crippen molar-refractivity contribution < 1.29 is 8.42 Å². The van der Waals surface area contributed by atoms with Gasteiger partial charge in [-0.2, -0.15) is 4.31 Å². The third-order valence-corrected chi connectivity index (χ3v) is 7.72. The van der Waals surface area contributed by atoms with Crippen LogP contribution in [0.25, 0.3) is 0 Å². The van der Waals surface area contributed by atoms with Crippen LogP contribution in [0.2, 0.25) is 0 Å². The zero-order chi connectivity index (χ0) is 13.8. The van der Waals surface area contributed by atoms with E-state index in [2.05, 4.69) is 29.8 Å². The van der Waals surface area contributed by atoms with E-state index in [4.69, 9.17) is 0 Å². The molecule has 3 nitrogen and oxygen atoms in total. The van der Waals surface area contributed by atoms with Crippen molar-refractivity contribution in [1.29, 1.82) is 0 Å². The Morgan fingerprint density at radius 2 is 1.94 bits per heavy atom. The molecule has 0 aliphatic heterocycles. The lowest BCUT2D eigenvalue weighted by molar-refractivity contribution is 0.339. The largest absolute Gasteiger partial charge is 0.253 e. The highest BCUT2D eigenvalue weighted by atomic mass is 79.9. The minimum atomic E-state index is -3.35. The van der Waals surface area contributed by atoms with Crippen LogP contribution in [-0.2, 0) is 10.0 Å². The maximum absolute atomic E-state index is 12.5. The SMILES string of the molecule is CCC(CC)CN(CC)S(=O)(=O)c1sccc1Br. The minimum absolute atomic E-state index is 0.412. The van der Waals surface area contributed by atoms with Crippen LogP contribution in [0.15, 0.2) is 20.1 Å². The number of rotatable bonds is 7. The number of thiophene rings is 1. The normalized spacial score (nSPS) is 12.6. The molecule has 0 bridgehead atoms. The molecule has 0 radical (unpaired) electrons. The zero-order valence-electron chi connectivity index (χ0n) is 11.0. The first kappa shape index (κ1) is 16.1. The van der Waals surface area contributed by atoms with Gasteiger partial charge in [-0.15, -0.1) is 11.3 Å². The van der Waals surface area contributed by atoms with Gasteiger partial charge in [-0.25, -0.2) is 8.42 Å². The summed E-state index contributed by atoms with van der Waals surface area (Å²) in [6.45, 7) is 7.23. The van der Waals surface area contributed by atoms with E-state index in [-0.39, 0.29) is 0 Å². The lowest BCUT2D eigenvalue weighted by Gasteiger charge is -2.24. The van der Waals surface area contributed by atoms with Crippen LogP contribution in [0.5, 0.6) is 0 Å². The van der Waals surface area contributed by atoms with Crippen molar-refractivity contribution in [2.75, 3.05) is 13.1 Å². The van der Waals surface area contributed by atoms with Gasteiger partial charge in [-0.05, 0) is 33.3 Å². The summed E-state index contributed by atoms with van der Waals surface area (Å²) in [5, 5.41) is 1.79. The molecule has 18 heavy (non-hydrogen) atoms. The molecule has 0 saturated carbocycles. The van der Waals surface area contributed by atoms with Crippen molar-refractivity contribution in [3.05, 3.63) is 15.9 Å². The molecule has 0 unspecified atom stereocenters. The van der Waals surface area contributed by atoms with Crippen molar-refractivity contribution in [3.63, 3.8) is 0 Å². The van der Waals surface area contributed by atoms with Gasteiger partial charge in [0.25, 0.3) is 10.0 Å². The topological polar surface area (TPSA) is 37.4 Å². The van der Waals surface area contributed by atoms with Gasteiger partial charge in [0, 0.05) is 17.6 Å². The van der Waals surface area contributed by atoms with Crippen LogP contribution in [0.1, 0.15) is 33.6 Å². The average molecular weight is 354 g/mol. The quantitative estimate of drug-likeness (QED) is 0.743. The van der Waals surface area contributed by atoms with Crippen LogP contribution in [0, 0.1) is 5.92 Å². The van der Waals surface area contributed by atoms with Crippen molar-refractivity contribution in [2.24, 2.45) is 5.92 Å². The summed E-state index contributed by atoms with van der Waals surface area (Å²) < 4.78 is 27.7. The lowest BCUT2D eigenvalue weighted by atomic mass is 10.0. The van der Waals surface area contributed by atoms with Crippen molar-refractivity contribution in [1.82, 2.24) is 4.31 Å². The molecule has 104 valence electrons. The molecule has 0 saturated heterocycles. The van der Waals surface area contributed by atoms with E-state index in [1.807, 2.05) is 6.92 Å². The third-order valence-electron chi connectivity index (χ3n) is 3.13. The van der Waals surface area contributed by atoms with E-state index < -0.39 is 10.0 Å². The summed E-state index contributed by atoms with van der Waals surface area (Å²) in [6, 6.07) is 1.78. The standard InChI is InChI=1S/C12H20BrNO2S2/c1-4-10(5-2)9-14(6-3)18(15,16)12-11(13)7-8-17-12/h7-8,10H,4-6,9H2,1-3H3. The predicted molar refractivity (Wildman–Crippen MR) is 80.5 cm³/mol. The van der Waals surface area contributed by atoms with Crippen LogP contribution in [-0.4, -0.2) is 25.8 Å². The molecule has 0 aliphatic carbocycles. The van der Waals surface area contributed by atoms with Crippen molar-refractivity contribution in [3.8, 4) is 0 Å². The van der Waals surface area contributed by atoms with Crippen LogP contribution < -0.4 is 0 Å². The summed E-state index contributed by atoms with van der Waals surface area (Å²) in [7, 11) is -3.35. The second-order valence-corrected chi connectivity index (χ2v) is 8.10. The molecular formula is C12H20BrNO2S2. The summed E-state index contributed by atoms with van der Waals surface area (Å²) in [4.78, 5) is 0. The predicted octanol–water partition coefficient (Wildman–Crippen LogP) is 3.96. The minimum Gasteiger partial charge on any atom is -0.206 e. The number of halogens is 1.